The maximum absolute atomic E-state index is 13.9. The number of carbonyl (C=O) groups excluding carboxylic acids is 1. The fourth-order valence-corrected chi connectivity index (χ4v) is 3.24. The normalized spacial score (nSPS) is 14.6. The molecule has 0 unspecified atom stereocenters. The number of nitrogens with zero attached hydrogens (tertiary/aromatic N) is 1. The average molecular weight is 442 g/mol. The molecule has 0 bridgehead atoms. The Morgan fingerprint density at radius 2 is 1.80 bits per heavy atom. The predicted molar refractivity (Wildman–Crippen MR) is 114 cm³/mol. The summed E-state index contributed by atoms with van der Waals surface area (Å²) in [5.41, 5.74) is 1.77. The van der Waals surface area contributed by atoms with Gasteiger partial charge in [0.1, 0.15) is 18.2 Å². The first-order valence-electron chi connectivity index (χ1n) is 8.94. The minimum absolute atomic E-state index is 0.0517. The molecule has 0 saturated heterocycles. The van der Waals surface area contributed by atoms with E-state index in [1.54, 1.807) is 60.7 Å². The van der Waals surface area contributed by atoms with Crippen LogP contribution in [0.15, 0.2) is 77.4 Å². The van der Waals surface area contributed by atoms with E-state index in [4.69, 9.17) is 32.7 Å². The first-order valence-corrected chi connectivity index (χ1v) is 9.69. The number of aliphatic imine (C=N–C) groups is 1. The van der Waals surface area contributed by atoms with Gasteiger partial charge in [-0.25, -0.2) is 14.2 Å². The van der Waals surface area contributed by atoms with Gasteiger partial charge in [-0.15, -0.1) is 0 Å². The topological polar surface area (TPSA) is 47.9 Å². The van der Waals surface area contributed by atoms with Gasteiger partial charge in [0.05, 0.1) is 5.56 Å². The Bertz CT molecular complexity index is 1170. The zero-order chi connectivity index (χ0) is 21.1. The molecule has 3 aromatic carbocycles. The summed E-state index contributed by atoms with van der Waals surface area (Å²) >= 11 is 12.0. The molecular formula is C23H14Cl2FNO3. The Morgan fingerprint density at radius 3 is 2.53 bits per heavy atom. The Kier molecular flexibility index (Phi) is 5.84. The molecule has 4 rings (SSSR count). The van der Waals surface area contributed by atoms with Crippen LogP contribution in [0.5, 0.6) is 5.75 Å². The van der Waals surface area contributed by atoms with Gasteiger partial charge in [-0.1, -0.05) is 53.5 Å². The molecule has 150 valence electrons. The number of benzene rings is 3. The van der Waals surface area contributed by atoms with Crippen molar-refractivity contribution in [2.75, 3.05) is 0 Å². The molecule has 1 aliphatic heterocycles. The maximum atomic E-state index is 13.9. The lowest BCUT2D eigenvalue weighted by Gasteiger charge is -2.08. The van der Waals surface area contributed by atoms with Crippen LogP contribution in [-0.2, 0) is 16.1 Å². The van der Waals surface area contributed by atoms with Crippen molar-refractivity contribution in [3.05, 3.63) is 105 Å². The highest BCUT2D eigenvalue weighted by atomic mass is 35.5. The molecule has 7 heteroatoms. The van der Waals surface area contributed by atoms with Crippen LogP contribution in [-0.4, -0.2) is 11.9 Å². The minimum Gasteiger partial charge on any atom is -0.489 e. The molecule has 0 aliphatic carbocycles. The number of carbonyl (C=O) groups is 1. The van der Waals surface area contributed by atoms with Crippen molar-refractivity contribution < 1.29 is 18.7 Å². The van der Waals surface area contributed by atoms with Gasteiger partial charge in [0, 0.05) is 15.6 Å². The van der Waals surface area contributed by atoms with Crippen molar-refractivity contribution in [2.45, 2.75) is 6.61 Å². The summed E-state index contributed by atoms with van der Waals surface area (Å²) in [5, 5.41) is 1.10. The van der Waals surface area contributed by atoms with Gasteiger partial charge >= 0.3 is 5.97 Å². The Labute approximate surface area is 182 Å². The molecule has 0 atom stereocenters. The number of rotatable bonds is 5. The predicted octanol–water partition coefficient (Wildman–Crippen LogP) is 6.06. The van der Waals surface area contributed by atoms with Gasteiger partial charge in [0.25, 0.3) is 0 Å². The van der Waals surface area contributed by atoms with E-state index in [9.17, 15) is 9.18 Å². The van der Waals surface area contributed by atoms with Gasteiger partial charge in [0.15, 0.2) is 5.70 Å². The van der Waals surface area contributed by atoms with Gasteiger partial charge in [-0.2, -0.15) is 0 Å². The van der Waals surface area contributed by atoms with Crippen LogP contribution in [0, 0.1) is 5.82 Å². The van der Waals surface area contributed by atoms with Crippen molar-refractivity contribution in [1.29, 1.82) is 0 Å². The Balaban J connectivity index is 1.47. The van der Waals surface area contributed by atoms with Crippen LogP contribution in [0.1, 0.15) is 16.7 Å². The van der Waals surface area contributed by atoms with Crippen LogP contribution in [0.4, 0.5) is 4.39 Å². The Hall–Kier alpha value is -3.15. The molecule has 1 aliphatic rings. The van der Waals surface area contributed by atoms with Crippen molar-refractivity contribution in [2.24, 2.45) is 4.99 Å². The summed E-state index contributed by atoms with van der Waals surface area (Å²) in [4.78, 5) is 16.2. The minimum atomic E-state index is -0.633. The number of ether oxygens (including phenoxy) is 2. The summed E-state index contributed by atoms with van der Waals surface area (Å²) in [6, 6.07) is 18.3. The lowest BCUT2D eigenvalue weighted by molar-refractivity contribution is -0.129. The highest BCUT2D eigenvalue weighted by molar-refractivity contribution is 6.35. The third-order valence-electron chi connectivity index (χ3n) is 4.32. The molecule has 0 fully saturated rings. The van der Waals surface area contributed by atoms with E-state index >= 15 is 0 Å². The number of halogens is 3. The Morgan fingerprint density at radius 1 is 1.03 bits per heavy atom. The molecule has 0 radical (unpaired) electrons. The lowest BCUT2D eigenvalue weighted by atomic mass is 10.2. The number of hydrogen-bond donors (Lipinski definition) is 0. The van der Waals surface area contributed by atoms with Crippen molar-refractivity contribution >= 4 is 41.1 Å². The van der Waals surface area contributed by atoms with E-state index < -0.39 is 11.8 Å². The van der Waals surface area contributed by atoms with E-state index in [0.717, 1.165) is 11.1 Å². The lowest BCUT2D eigenvalue weighted by Crippen LogP contribution is -2.07. The maximum Gasteiger partial charge on any atom is 0.363 e. The van der Waals surface area contributed by atoms with Gasteiger partial charge in [-0.3, -0.25) is 0 Å². The molecule has 30 heavy (non-hydrogen) atoms. The number of cyclic esters (lactones) is 1. The fourth-order valence-electron chi connectivity index (χ4n) is 2.78. The molecule has 4 nitrogen and oxygen atoms in total. The molecule has 0 saturated carbocycles. The van der Waals surface area contributed by atoms with Crippen molar-refractivity contribution in [1.82, 2.24) is 0 Å². The summed E-state index contributed by atoms with van der Waals surface area (Å²) < 4.78 is 24.7. The summed E-state index contributed by atoms with van der Waals surface area (Å²) in [5.74, 6) is -0.560. The van der Waals surface area contributed by atoms with E-state index in [-0.39, 0.29) is 17.2 Å². The number of hydrogen-bond acceptors (Lipinski definition) is 4. The largest absolute Gasteiger partial charge is 0.489 e. The van der Waals surface area contributed by atoms with Crippen molar-refractivity contribution in [3.63, 3.8) is 0 Å². The van der Waals surface area contributed by atoms with Crippen molar-refractivity contribution in [3.8, 4) is 5.75 Å². The first-order chi connectivity index (χ1) is 14.5. The van der Waals surface area contributed by atoms with Crippen LogP contribution >= 0.6 is 23.2 Å². The SMILES string of the molecule is O=C1OC(c2ccccc2F)=N/C1=C/c1ccc(OCc2ccc(Cl)cc2Cl)cc1. The number of esters is 1. The van der Waals surface area contributed by atoms with Gasteiger partial charge in [-0.05, 0) is 48.0 Å². The van der Waals surface area contributed by atoms with Gasteiger partial charge < -0.3 is 9.47 Å². The second kappa shape index (κ2) is 8.69. The van der Waals surface area contributed by atoms with E-state index in [1.807, 2.05) is 0 Å². The molecule has 0 aromatic heterocycles. The summed E-state index contributed by atoms with van der Waals surface area (Å²) in [7, 11) is 0. The highest BCUT2D eigenvalue weighted by Crippen LogP contribution is 2.24. The summed E-state index contributed by atoms with van der Waals surface area (Å²) in [6.45, 7) is 0.291. The van der Waals surface area contributed by atoms with Crippen LogP contribution in [0.2, 0.25) is 10.0 Å². The van der Waals surface area contributed by atoms with Crippen LogP contribution in [0.25, 0.3) is 6.08 Å². The van der Waals surface area contributed by atoms with E-state index in [0.29, 0.717) is 22.4 Å². The average Bonchev–Trinajstić information content (AvgIpc) is 3.09. The fraction of sp³-hybridized carbons (Fsp3) is 0.0435. The molecular weight excluding hydrogens is 428 g/mol. The van der Waals surface area contributed by atoms with E-state index in [2.05, 4.69) is 4.99 Å². The van der Waals surface area contributed by atoms with Crippen LogP contribution in [0.3, 0.4) is 0 Å². The molecule has 0 N–H and O–H groups in total. The van der Waals surface area contributed by atoms with E-state index in [1.165, 1.54) is 12.1 Å². The third kappa shape index (κ3) is 4.53. The summed E-state index contributed by atoms with van der Waals surface area (Å²) in [6.07, 6.45) is 1.57. The zero-order valence-electron chi connectivity index (χ0n) is 15.4. The monoisotopic (exact) mass is 441 g/mol. The second-order valence-electron chi connectivity index (χ2n) is 6.41. The third-order valence-corrected chi connectivity index (χ3v) is 4.90. The molecule has 1 heterocycles. The molecule has 0 amide bonds. The molecule has 3 aromatic rings. The van der Waals surface area contributed by atoms with Crippen LogP contribution < -0.4 is 4.74 Å². The smallest absolute Gasteiger partial charge is 0.363 e. The zero-order valence-corrected chi connectivity index (χ0v) is 17.0. The quantitative estimate of drug-likeness (QED) is 0.357. The second-order valence-corrected chi connectivity index (χ2v) is 7.25. The standard InChI is InChI=1S/C23H14Cl2FNO3/c24-16-8-7-15(19(25)12-16)13-29-17-9-5-14(6-10-17)11-21-23(28)30-22(27-21)18-3-1-2-4-20(18)26/h1-12H,13H2/b21-11+. The highest BCUT2D eigenvalue weighted by Gasteiger charge is 2.25. The molecule has 0 spiro atoms. The van der Waals surface area contributed by atoms with Gasteiger partial charge in [0.2, 0.25) is 5.90 Å². The first kappa shape index (κ1) is 20.1.